The molecule has 0 atom stereocenters. The Bertz CT molecular complexity index is 1810. The number of aryl methyl sites for hydroxylation is 2. The predicted molar refractivity (Wildman–Crippen MR) is 141 cm³/mol. The third-order valence-electron chi connectivity index (χ3n) is 5.28. The fourth-order valence-electron chi connectivity index (χ4n) is 3.55. The van der Waals surface area contributed by atoms with E-state index in [1.54, 1.807) is 43.7 Å². The monoisotopic (exact) mass is 480 g/mol. The van der Waals surface area contributed by atoms with Crippen LogP contribution in [0.25, 0.3) is 16.9 Å². The first kappa shape index (κ1) is 17.6. The number of imidazole rings is 1. The molecule has 0 saturated carbocycles. The van der Waals surface area contributed by atoms with Gasteiger partial charge in [0.25, 0.3) is 5.91 Å². The van der Waals surface area contributed by atoms with Crippen LogP contribution in [0.3, 0.4) is 0 Å². The summed E-state index contributed by atoms with van der Waals surface area (Å²) in [5, 5.41) is 5.63. The Morgan fingerprint density at radius 2 is 1.97 bits per heavy atom. The van der Waals surface area contributed by atoms with Crippen molar-refractivity contribution in [1.29, 1.82) is 0 Å². The Kier molecular flexibility index (Phi) is 4.78. The maximum Gasteiger partial charge on any atom is 0.255 e. The highest BCUT2D eigenvalue weighted by Crippen LogP contribution is 2.24. The van der Waals surface area contributed by atoms with Gasteiger partial charge in [0, 0.05) is 53.0 Å². The molecule has 0 unspecified atom stereocenters. The number of nitrogens with one attached hydrogen (secondary N) is 2. The van der Waals surface area contributed by atoms with E-state index in [-0.39, 0.29) is 52.8 Å². The van der Waals surface area contributed by atoms with Crippen LogP contribution in [0.2, 0.25) is 0 Å². The van der Waals surface area contributed by atoms with Crippen LogP contribution < -0.4 is 10.6 Å². The zero-order chi connectivity index (χ0) is 29.4. The molecule has 5 aromatic rings. The summed E-state index contributed by atoms with van der Waals surface area (Å²) in [4.78, 5) is 30.1. The van der Waals surface area contributed by atoms with E-state index >= 15 is 0 Å². The van der Waals surface area contributed by atoms with Crippen LogP contribution in [-0.2, 0) is 0 Å². The number of aromatic nitrogens is 5. The molecule has 0 aliphatic heterocycles. The Morgan fingerprint density at radius 1 is 1.08 bits per heavy atom. The Morgan fingerprint density at radius 3 is 2.75 bits per heavy atom. The van der Waals surface area contributed by atoms with Gasteiger partial charge >= 0.3 is 0 Å². The first-order chi connectivity index (χ1) is 19.5. The lowest BCUT2D eigenvalue weighted by Crippen LogP contribution is -2.13. The molecule has 1 amide bonds. The first-order valence-electron chi connectivity index (χ1n) is 13.6. The lowest BCUT2D eigenvalue weighted by molar-refractivity contribution is 0.102. The minimum absolute atomic E-state index is 0.0456. The van der Waals surface area contributed by atoms with Gasteiger partial charge in [0.05, 0.1) is 24.6 Å². The number of nitrogens with zero attached hydrogens (tertiary/aromatic N) is 5. The summed E-state index contributed by atoms with van der Waals surface area (Å²) >= 11 is 0. The van der Waals surface area contributed by atoms with Crippen LogP contribution in [-0.4, -0.2) is 30.4 Å². The molecule has 0 bridgehead atoms. The van der Waals surface area contributed by atoms with E-state index < -0.39 is 11.9 Å². The third kappa shape index (κ3) is 5.12. The second-order valence-corrected chi connectivity index (χ2v) is 8.18. The SMILES string of the molecule is [2H]c1nc(Nc2c([2H])c(C(=O)Nc3cc(C)cc(-n4cnc(C)c4)c3)c([2H])c([2H])c2C)nc(-c2cccnc2)c1[2H]. The van der Waals surface area contributed by atoms with Crippen molar-refractivity contribution in [3.05, 3.63) is 108 Å². The predicted octanol–water partition coefficient (Wildman–Crippen LogP) is 5.65. The van der Waals surface area contributed by atoms with Gasteiger partial charge in [0.1, 0.15) is 0 Å². The van der Waals surface area contributed by atoms with Crippen molar-refractivity contribution in [2.75, 3.05) is 10.6 Å². The Hall–Kier alpha value is -4.85. The highest BCUT2D eigenvalue weighted by Gasteiger charge is 2.12. The highest BCUT2D eigenvalue weighted by atomic mass is 16.1. The van der Waals surface area contributed by atoms with Gasteiger partial charge in [-0.2, -0.15) is 0 Å². The number of amides is 1. The van der Waals surface area contributed by atoms with E-state index in [0.717, 1.165) is 16.9 Å². The smallest absolute Gasteiger partial charge is 0.255 e. The van der Waals surface area contributed by atoms with Gasteiger partial charge in [-0.1, -0.05) is 6.04 Å². The number of anilines is 3. The molecule has 5 rings (SSSR count). The van der Waals surface area contributed by atoms with Gasteiger partial charge in [-0.3, -0.25) is 9.78 Å². The molecule has 0 aliphatic rings. The number of carbonyl (C=O) groups excluding carboxylic acids is 1. The van der Waals surface area contributed by atoms with Gasteiger partial charge in [-0.25, -0.2) is 15.0 Å². The van der Waals surface area contributed by atoms with Crippen molar-refractivity contribution in [2.45, 2.75) is 20.8 Å². The molecule has 8 heteroatoms. The number of hydrogen-bond donors (Lipinski definition) is 2. The lowest BCUT2D eigenvalue weighted by atomic mass is 10.1. The molecular weight excluding hydrogens is 450 g/mol. The quantitative estimate of drug-likeness (QED) is 0.326. The second-order valence-electron chi connectivity index (χ2n) is 8.18. The van der Waals surface area contributed by atoms with E-state index in [4.69, 9.17) is 6.85 Å². The zero-order valence-electron chi connectivity index (χ0n) is 24.8. The van der Waals surface area contributed by atoms with Crippen molar-refractivity contribution in [1.82, 2.24) is 24.5 Å². The number of rotatable bonds is 6. The molecule has 3 aromatic heterocycles. The van der Waals surface area contributed by atoms with E-state index in [1.165, 1.54) is 6.20 Å². The van der Waals surface area contributed by atoms with Crippen LogP contribution in [0.4, 0.5) is 17.3 Å². The fraction of sp³-hybridized carbons (Fsp3) is 0.107. The molecule has 3 heterocycles. The van der Waals surface area contributed by atoms with Gasteiger partial charge in [0.2, 0.25) is 5.95 Å². The lowest BCUT2D eigenvalue weighted by Gasteiger charge is -2.13. The van der Waals surface area contributed by atoms with Crippen molar-refractivity contribution in [3.63, 3.8) is 0 Å². The average molecular weight is 481 g/mol. The number of hydrogen-bond acceptors (Lipinski definition) is 6. The fourth-order valence-corrected chi connectivity index (χ4v) is 3.55. The van der Waals surface area contributed by atoms with E-state index in [1.807, 2.05) is 30.7 Å². The number of carbonyl (C=O) groups is 1. The largest absolute Gasteiger partial charge is 0.324 e. The van der Waals surface area contributed by atoms with Crippen molar-refractivity contribution >= 4 is 23.2 Å². The van der Waals surface area contributed by atoms with Crippen LogP contribution in [0, 0.1) is 20.8 Å². The standard InChI is InChI=1S/C28H25N7O/c1-18-11-23(14-24(12-18)35-16-20(3)31-17-35)32-27(36)21-7-6-19(2)26(13-21)34-28-30-10-8-25(33-28)22-5-4-9-29-15-22/h4-17H,1-3H3,(H,32,36)(H,30,33,34)/i6D,7D,8D,10D,13D. The maximum absolute atomic E-state index is 13.5. The van der Waals surface area contributed by atoms with Gasteiger partial charge < -0.3 is 15.2 Å². The summed E-state index contributed by atoms with van der Waals surface area (Å²) in [6, 6.07) is 7.65. The molecule has 2 N–H and O–H groups in total. The van der Waals surface area contributed by atoms with Crippen molar-refractivity contribution < 1.29 is 11.6 Å². The minimum atomic E-state index is -0.727. The van der Waals surface area contributed by atoms with Crippen molar-refractivity contribution in [3.8, 4) is 16.9 Å². The van der Waals surface area contributed by atoms with E-state index in [9.17, 15) is 4.79 Å². The first-order valence-corrected chi connectivity index (χ1v) is 11.1. The molecule has 0 saturated heterocycles. The second kappa shape index (κ2) is 9.79. The molecule has 178 valence electrons. The number of pyridine rings is 1. The molecule has 36 heavy (non-hydrogen) atoms. The van der Waals surface area contributed by atoms with E-state index in [0.29, 0.717) is 11.3 Å². The van der Waals surface area contributed by atoms with E-state index in [2.05, 4.69) is 30.6 Å². The summed E-state index contributed by atoms with van der Waals surface area (Å²) in [6.07, 6.45) is 6.25. The molecule has 0 spiro atoms. The van der Waals surface area contributed by atoms with Crippen LogP contribution >= 0.6 is 0 Å². The molecule has 8 nitrogen and oxygen atoms in total. The summed E-state index contributed by atoms with van der Waals surface area (Å²) in [5.41, 5.74) is 3.58. The van der Waals surface area contributed by atoms with Gasteiger partial charge in [-0.05, 0) is 80.4 Å². The summed E-state index contributed by atoms with van der Waals surface area (Å²) in [5.74, 6) is -0.821. The third-order valence-corrected chi connectivity index (χ3v) is 5.28. The van der Waals surface area contributed by atoms with Crippen LogP contribution in [0.5, 0.6) is 0 Å². The van der Waals surface area contributed by atoms with Crippen molar-refractivity contribution in [2.24, 2.45) is 0 Å². The zero-order valence-corrected chi connectivity index (χ0v) is 19.8. The normalized spacial score (nSPS) is 12.7. The molecule has 0 radical (unpaired) electrons. The topological polar surface area (TPSA) is 97.6 Å². The Balaban J connectivity index is 1.52. The molecule has 0 aliphatic carbocycles. The maximum atomic E-state index is 13.5. The van der Waals surface area contributed by atoms with Crippen LogP contribution in [0.1, 0.15) is 34.0 Å². The average Bonchev–Trinajstić information content (AvgIpc) is 3.38. The molecule has 0 fully saturated rings. The molecule has 2 aromatic carbocycles. The summed E-state index contributed by atoms with van der Waals surface area (Å²) in [7, 11) is 0. The van der Waals surface area contributed by atoms with Gasteiger partial charge in [-0.15, -0.1) is 0 Å². The van der Waals surface area contributed by atoms with Gasteiger partial charge in [0.15, 0.2) is 0 Å². The highest BCUT2D eigenvalue weighted by molar-refractivity contribution is 6.05. The van der Waals surface area contributed by atoms with Crippen LogP contribution in [0.15, 0.2) is 85.6 Å². The Labute approximate surface area is 216 Å². The summed E-state index contributed by atoms with van der Waals surface area (Å²) in [6.45, 7) is 5.30. The molecular formula is C28H25N7O. The summed E-state index contributed by atoms with van der Waals surface area (Å²) < 4.78 is 44.0. The minimum Gasteiger partial charge on any atom is -0.324 e. The number of benzene rings is 2.